The lowest BCUT2D eigenvalue weighted by Crippen LogP contribution is -2.42. The van der Waals surface area contributed by atoms with Gasteiger partial charge in [0, 0.05) is 25.7 Å². The predicted octanol–water partition coefficient (Wildman–Crippen LogP) is 2.79. The van der Waals surface area contributed by atoms with E-state index in [9.17, 15) is 14.7 Å². The fourth-order valence-electron chi connectivity index (χ4n) is 3.09. The predicted molar refractivity (Wildman–Crippen MR) is 104 cm³/mol. The van der Waals surface area contributed by atoms with Gasteiger partial charge in [0.2, 0.25) is 5.91 Å². The maximum absolute atomic E-state index is 12.2. The summed E-state index contributed by atoms with van der Waals surface area (Å²) in [5.41, 5.74) is 1.07. The molecule has 1 unspecified atom stereocenters. The molecule has 1 aromatic carbocycles. The lowest BCUT2D eigenvalue weighted by molar-refractivity contribution is -0.137. The highest BCUT2D eigenvalue weighted by Gasteiger charge is 2.25. The summed E-state index contributed by atoms with van der Waals surface area (Å²) in [5.74, 6) is 5.19. The Hall–Kier alpha value is -2.58. The fourth-order valence-corrected chi connectivity index (χ4v) is 3.09. The minimum Gasteiger partial charge on any atom is -0.481 e. The number of hydrogen-bond donors (Lipinski definition) is 2. The topological polar surface area (TPSA) is 77.8 Å². The molecule has 5 nitrogen and oxygen atoms in total. The molecule has 0 saturated carbocycles. The molecule has 0 bridgehead atoms. The number of aliphatic hydroxyl groups is 1. The Balaban J connectivity index is 1.87. The van der Waals surface area contributed by atoms with Gasteiger partial charge in [0.15, 0.2) is 0 Å². The van der Waals surface area contributed by atoms with E-state index in [-0.39, 0.29) is 18.4 Å². The largest absolute Gasteiger partial charge is 0.481 e. The lowest BCUT2D eigenvalue weighted by Gasteiger charge is -2.32. The van der Waals surface area contributed by atoms with Crippen molar-refractivity contribution in [2.24, 2.45) is 0 Å². The molecular formula is C22H27NO4. The van der Waals surface area contributed by atoms with Crippen molar-refractivity contribution in [3.05, 3.63) is 48.0 Å². The zero-order chi connectivity index (χ0) is 19.5. The molecule has 1 heterocycles. The van der Waals surface area contributed by atoms with Crippen molar-refractivity contribution in [1.29, 1.82) is 0 Å². The van der Waals surface area contributed by atoms with E-state index in [4.69, 9.17) is 5.11 Å². The van der Waals surface area contributed by atoms with Gasteiger partial charge in [0.05, 0.1) is 18.7 Å². The van der Waals surface area contributed by atoms with Gasteiger partial charge in [-0.1, -0.05) is 48.4 Å². The van der Waals surface area contributed by atoms with Crippen LogP contribution in [0, 0.1) is 11.8 Å². The molecule has 1 aliphatic heterocycles. The Morgan fingerprint density at radius 2 is 2.07 bits per heavy atom. The van der Waals surface area contributed by atoms with Crippen LogP contribution in [0.25, 0.3) is 0 Å². The normalized spacial score (nSPS) is 18.2. The van der Waals surface area contributed by atoms with Gasteiger partial charge in [-0.05, 0) is 24.8 Å². The van der Waals surface area contributed by atoms with Crippen LogP contribution in [0.15, 0.2) is 42.5 Å². The summed E-state index contributed by atoms with van der Waals surface area (Å²) in [7, 11) is 0. The van der Waals surface area contributed by atoms with E-state index in [0.717, 1.165) is 18.4 Å². The molecule has 1 saturated heterocycles. The van der Waals surface area contributed by atoms with E-state index in [1.165, 1.54) is 0 Å². The van der Waals surface area contributed by atoms with Gasteiger partial charge in [-0.25, -0.2) is 0 Å². The lowest BCUT2D eigenvalue weighted by atomic mass is 9.99. The third-order valence-corrected chi connectivity index (χ3v) is 4.52. The molecule has 144 valence electrons. The van der Waals surface area contributed by atoms with E-state index < -0.39 is 12.1 Å². The van der Waals surface area contributed by atoms with Gasteiger partial charge in [-0.2, -0.15) is 0 Å². The van der Waals surface area contributed by atoms with E-state index in [0.29, 0.717) is 32.2 Å². The van der Waals surface area contributed by atoms with Crippen LogP contribution >= 0.6 is 0 Å². The minimum atomic E-state index is -0.817. The smallest absolute Gasteiger partial charge is 0.303 e. The van der Waals surface area contributed by atoms with Gasteiger partial charge in [0.1, 0.15) is 0 Å². The molecule has 0 aliphatic carbocycles. The van der Waals surface area contributed by atoms with E-state index in [1.807, 2.05) is 36.4 Å². The van der Waals surface area contributed by atoms with Crippen molar-refractivity contribution < 1.29 is 19.8 Å². The third kappa shape index (κ3) is 7.67. The Bertz CT molecular complexity index is 702. The van der Waals surface area contributed by atoms with E-state index in [2.05, 4.69) is 11.8 Å². The standard InChI is InChI=1S/C22H27NO4/c24-20(17-18-9-4-3-5-10-18)15-14-19-11-8-12-21(25)23(19)16-7-2-1-6-13-22(26)27/h3-5,9-10,14-15,19-20,24H,1,6,8,11-13,16-17H2,(H,26,27)/t19-,20?/m1/s1. The molecule has 0 spiro atoms. The molecule has 1 aliphatic rings. The highest BCUT2D eigenvalue weighted by atomic mass is 16.4. The number of carboxylic acid groups (broad SMARTS) is 1. The van der Waals surface area contributed by atoms with Crippen molar-refractivity contribution in [3.63, 3.8) is 0 Å². The number of benzene rings is 1. The highest BCUT2D eigenvalue weighted by Crippen LogP contribution is 2.19. The number of carbonyl (C=O) groups excluding carboxylic acids is 1. The summed E-state index contributed by atoms with van der Waals surface area (Å²) in [4.78, 5) is 24.5. The van der Waals surface area contributed by atoms with Gasteiger partial charge in [-0.3, -0.25) is 9.59 Å². The molecule has 0 radical (unpaired) electrons. The van der Waals surface area contributed by atoms with Crippen molar-refractivity contribution in [2.45, 2.75) is 57.1 Å². The second kappa shape index (κ2) is 11.2. The number of hydrogen-bond acceptors (Lipinski definition) is 3. The fraction of sp³-hybridized carbons (Fsp3) is 0.455. The van der Waals surface area contributed by atoms with Gasteiger partial charge >= 0.3 is 5.97 Å². The molecule has 1 aromatic rings. The Kier molecular flexibility index (Phi) is 8.60. The Labute approximate surface area is 160 Å². The summed E-state index contributed by atoms with van der Waals surface area (Å²) < 4.78 is 0. The summed E-state index contributed by atoms with van der Waals surface area (Å²) in [6.07, 6.45) is 7.01. The average Bonchev–Trinajstić information content (AvgIpc) is 2.65. The molecule has 1 fully saturated rings. The van der Waals surface area contributed by atoms with Crippen LogP contribution in [0.3, 0.4) is 0 Å². The molecule has 2 atom stereocenters. The second-order valence-corrected chi connectivity index (χ2v) is 6.72. The van der Waals surface area contributed by atoms with Crippen LogP contribution < -0.4 is 0 Å². The number of amides is 1. The van der Waals surface area contributed by atoms with Crippen LogP contribution in [0.2, 0.25) is 0 Å². The number of unbranched alkanes of at least 4 members (excludes halogenated alkanes) is 1. The number of carboxylic acids is 1. The monoisotopic (exact) mass is 369 g/mol. The van der Waals surface area contributed by atoms with Crippen LogP contribution in [0.5, 0.6) is 0 Å². The van der Waals surface area contributed by atoms with Crippen LogP contribution in [0.4, 0.5) is 0 Å². The second-order valence-electron chi connectivity index (χ2n) is 6.72. The Morgan fingerprint density at radius 3 is 2.81 bits per heavy atom. The Morgan fingerprint density at radius 1 is 1.30 bits per heavy atom. The zero-order valence-corrected chi connectivity index (χ0v) is 15.5. The third-order valence-electron chi connectivity index (χ3n) is 4.52. The molecule has 2 N–H and O–H groups in total. The maximum atomic E-state index is 12.2. The first-order valence-corrected chi connectivity index (χ1v) is 9.43. The van der Waals surface area contributed by atoms with Gasteiger partial charge in [-0.15, -0.1) is 5.92 Å². The SMILES string of the molecule is O=C(O)CCCC#CCN1C(=O)CCC[C@@H]1C=CC(O)Cc1ccccc1. The summed E-state index contributed by atoms with van der Waals surface area (Å²) in [5, 5.41) is 18.8. The van der Waals surface area contributed by atoms with Crippen molar-refractivity contribution >= 4 is 11.9 Å². The number of rotatable bonds is 8. The molecule has 2 rings (SSSR count). The average molecular weight is 369 g/mol. The number of nitrogens with zero attached hydrogens (tertiary/aromatic N) is 1. The summed E-state index contributed by atoms with van der Waals surface area (Å²) in [6.45, 7) is 0.343. The summed E-state index contributed by atoms with van der Waals surface area (Å²) >= 11 is 0. The van der Waals surface area contributed by atoms with Crippen molar-refractivity contribution in [2.75, 3.05) is 6.54 Å². The zero-order valence-electron chi connectivity index (χ0n) is 15.5. The minimum absolute atomic E-state index is 0.0509. The van der Waals surface area contributed by atoms with Crippen molar-refractivity contribution in [1.82, 2.24) is 4.90 Å². The molecule has 5 heteroatoms. The maximum Gasteiger partial charge on any atom is 0.303 e. The number of likely N-dealkylation sites (tertiary alicyclic amines) is 1. The summed E-state index contributed by atoms with van der Waals surface area (Å²) in [6, 6.07) is 9.75. The highest BCUT2D eigenvalue weighted by molar-refractivity contribution is 5.78. The van der Waals surface area contributed by atoms with Gasteiger partial charge < -0.3 is 15.1 Å². The van der Waals surface area contributed by atoms with E-state index in [1.54, 1.807) is 11.0 Å². The van der Waals surface area contributed by atoms with Crippen LogP contribution in [-0.4, -0.2) is 45.7 Å². The number of aliphatic hydroxyl groups excluding tert-OH is 1. The van der Waals surface area contributed by atoms with E-state index >= 15 is 0 Å². The first-order valence-electron chi connectivity index (χ1n) is 9.43. The quantitative estimate of drug-likeness (QED) is 0.420. The first kappa shape index (κ1) is 20.7. The molecule has 1 amide bonds. The van der Waals surface area contributed by atoms with Crippen LogP contribution in [0.1, 0.15) is 44.1 Å². The first-order chi connectivity index (χ1) is 13.1. The van der Waals surface area contributed by atoms with Crippen molar-refractivity contribution in [3.8, 4) is 11.8 Å². The molecular weight excluding hydrogens is 342 g/mol. The molecule has 0 aromatic heterocycles. The number of aliphatic carboxylic acids is 1. The number of carbonyl (C=O) groups is 2. The van der Waals surface area contributed by atoms with Crippen LogP contribution in [-0.2, 0) is 16.0 Å². The molecule has 27 heavy (non-hydrogen) atoms. The number of piperidine rings is 1. The van der Waals surface area contributed by atoms with Gasteiger partial charge in [0.25, 0.3) is 0 Å².